The fourth-order valence-electron chi connectivity index (χ4n) is 1.98. The highest BCUT2D eigenvalue weighted by molar-refractivity contribution is 5.40. The second-order valence-electron chi connectivity index (χ2n) is 4.36. The molecular weight excluding hydrogens is 241 g/mol. The number of benzene rings is 2. The first-order chi connectivity index (χ1) is 9.24. The lowest BCUT2D eigenvalue weighted by molar-refractivity contribution is 0.466. The molecule has 0 saturated carbocycles. The van der Waals surface area contributed by atoms with Gasteiger partial charge in [0, 0.05) is 5.56 Å². The van der Waals surface area contributed by atoms with Crippen LogP contribution in [0.2, 0.25) is 0 Å². The van der Waals surface area contributed by atoms with Gasteiger partial charge in [-0.1, -0.05) is 25.1 Å². The van der Waals surface area contributed by atoms with E-state index < -0.39 is 0 Å². The molecule has 0 atom stereocenters. The maximum absolute atomic E-state index is 13.7. The summed E-state index contributed by atoms with van der Waals surface area (Å²) in [6.07, 6.45) is 1.41. The van der Waals surface area contributed by atoms with Crippen molar-refractivity contribution in [2.45, 2.75) is 19.8 Å². The third kappa shape index (κ3) is 3.32. The molecule has 0 spiro atoms. The van der Waals surface area contributed by atoms with Crippen LogP contribution in [0, 0.1) is 5.82 Å². The molecule has 2 nitrogen and oxygen atoms in total. The standard InChI is InChI=1S/C16H18FNO/c1-2-12-5-3-6-13(11-12)19-16-8-4-7-15(17)14(16)9-10-18/h3-8,11H,2,9-10,18H2,1H3. The van der Waals surface area contributed by atoms with Crippen molar-refractivity contribution in [3.63, 3.8) is 0 Å². The van der Waals surface area contributed by atoms with Crippen molar-refractivity contribution in [2.75, 3.05) is 6.54 Å². The van der Waals surface area contributed by atoms with Crippen LogP contribution in [-0.2, 0) is 12.8 Å². The zero-order chi connectivity index (χ0) is 13.7. The Hall–Kier alpha value is -1.87. The Morgan fingerprint density at radius 3 is 2.68 bits per heavy atom. The molecule has 0 radical (unpaired) electrons. The molecule has 3 heteroatoms. The summed E-state index contributed by atoms with van der Waals surface area (Å²) < 4.78 is 19.5. The summed E-state index contributed by atoms with van der Waals surface area (Å²) in [5, 5.41) is 0. The maximum atomic E-state index is 13.7. The average molecular weight is 259 g/mol. The highest BCUT2D eigenvalue weighted by Crippen LogP contribution is 2.28. The van der Waals surface area contributed by atoms with E-state index in [1.54, 1.807) is 12.1 Å². The molecule has 2 aromatic rings. The second kappa shape index (κ2) is 6.34. The number of hydrogen-bond donors (Lipinski definition) is 1. The molecule has 0 fully saturated rings. The maximum Gasteiger partial charge on any atom is 0.133 e. The Labute approximate surface area is 113 Å². The Morgan fingerprint density at radius 1 is 1.16 bits per heavy atom. The van der Waals surface area contributed by atoms with Crippen LogP contribution in [-0.4, -0.2) is 6.54 Å². The third-order valence-electron chi connectivity index (χ3n) is 3.00. The smallest absolute Gasteiger partial charge is 0.133 e. The van der Waals surface area contributed by atoms with Crippen molar-refractivity contribution in [1.82, 2.24) is 0 Å². The molecule has 0 aliphatic heterocycles. The monoisotopic (exact) mass is 259 g/mol. The van der Waals surface area contributed by atoms with Gasteiger partial charge in [-0.2, -0.15) is 0 Å². The second-order valence-corrected chi connectivity index (χ2v) is 4.36. The van der Waals surface area contributed by atoms with Crippen molar-refractivity contribution in [3.05, 3.63) is 59.4 Å². The third-order valence-corrected chi connectivity index (χ3v) is 3.00. The molecule has 0 aliphatic rings. The average Bonchev–Trinajstić information content (AvgIpc) is 2.43. The minimum atomic E-state index is -0.269. The molecule has 0 amide bonds. The van der Waals surface area contributed by atoms with E-state index in [0.29, 0.717) is 24.3 Å². The van der Waals surface area contributed by atoms with Crippen LogP contribution < -0.4 is 10.5 Å². The summed E-state index contributed by atoms with van der Waals surface area (Å²) >= 11 is 0. The first kappa shape index (κ1) is 13.6. The van der Waals surface area contributed by atoms with E-state index in [0.717, 1.165) is 12.2 Å². The van der Waals surface area contributed by atoms with Gasteiger partial charge in [0.2, 0.25) is 0 Å². The van der Waals surface area contributed by atoms with Crippen LogP contribution in [0.15, 0.2) is 42.5 Å². The normalized spacial score (nSPS) is 10.5. The quantitative estimate of drug-likeness (QED) is 0.889. The van der Waals surface area contributed by atoms with Gasteiger partial charge < -0.3 is 10.5 Å². The van der Waals surface area contributed by atoms with Crippen LogP contribution in [0.1, 0.15) is 18.1 Å². The van der Waals surface area contributed by atoms with E-state index in [4.69, 9.17) is 10.5 Å². The molecule has 0 heterocycles. The van der Waals surface area contributed by atoms with E-state index in [2.05, 4.69) is 6.92 Å². The van der Waals surface area contributed by atoms with E-state index in [1.165, 1.54) is 11.6 Å². The number of nitrogens with two attached hydrogens (primary N) is 1. The Morgan fingerprint density at radius 2 is 1.95 bits per heavy atom. The summed E-state index contributed by atoms with van der Waals surface area (Å²) in [5.74, 6) is 0.997. The molecule has 100 valence electrons. The molecule has 0 aliphatic carbocycles. The van der Waals surface area contributed by atoms with E-state index in [-0.39, 0.29) is 5.82 Å². The lowest BCUT2D eigenvalue weighted by Crippen LogP contribution is -2.06. The van der Waals surface area contributed by atoms with Crippen LogP contribution >= 0.6 is 0 Å². The molecular formula is C16H18FNO. The molecule has 2 N–H and O–H groups in total. The van der Waals surface area contributed by atoms with Crippen molar-refractivity contribution < 1.29 is 9.13 Å². The van der Waals surface area contributed by atoms with Gasteiger partial charge in [0.05, 0.1) is 0 Å². The molecule has 2 rings (SSSR count). The van der Waals surface area contributed by atoms with E-state index in [1.807, 2.05) is 24.3 Å². The van der Waals surface area contributed by atoms with Crippen LogP contribution in [0.25, 0.3) is 0 Å². The molecule has 19 heavy (non-hydrogen) atoms. The minimum Gasteiger partial charge on any atom is -0.457 e. The molecule has 0 unspecified atom stereocenters. The van der Waals surface area contributed by atoms with Gasteiger partial charge in [0.15, 0.2) is 0 Å². The Kier molecular flexibility index (Phi) is 4.53. The topological polar surface area (TPSA) is 35.2 Å². The predicted octanol–water partition coefficient (Wildman–Crippen LogP) is 3.68. The van der Waals surface area contributed by atoms with Crippen molar-refractivity contribution in [1.29, 1.82) is 0 Å². The van der Waals surface area contributed by atoms with Crippen molar-refractivity contribution >= 4 is 0 Å². The lowest BCUT2D eigenvalue weighted by atomic mass is 10.1. The van der Waals surface area contributed by atoms with Gasteiger partial charge in [-0.15, -0.1) is 0 Å². The Balaban J connectivity index is 2.29. The highest BCUT2D eigenvalue weighted by Gasteiger charge is 2.09. The van der Waals surface area contributed by atoms with Crippen LogP contribution in [0.5, 0.6) is 11.5 Å². The van der Waals surface area contributed by atoms with Gasteiger partial charge in [-0.3, -0.25) is 0 Å². The van der Waals surface area contributed by atoms with Gasteiger partial charge >= 0.3 is 0 Å². The number of halogens is 1. The van der Waals surface area contributed by atoms with E-state index >= 15 is 0 Å². The van der Waals surface area contributed by atoms with Gasteiger partial charge in [-0.25, -0.2) is 4.39 Å². The number of ether oxygens (including phenoxy) is 1. The minimum absolute atomic E-state index is 0.269. The molecule has 2 aromatic carbocycles. The summed E-state index contributed by atoms with van der Waals surface area (Å²) in [4.78, 5) is 0. The lowest BCUT2D eigenvalue weighted by Gasteiger charge is -2.12. The summed E-state index contributed by atoms with van der Waals surface area (Å²) in [6, 6.07) is 12.7. The van der Waals surface area contributed by atoms with E-state index in [9.17, 15) is 4.39 Å². The zero-order valence-corrected chi connectivity index (χ0v) is 11.0. The van der Waals surface area contributed by atoms with Gasteiger partial charge in [-0.05, 0) is 49.2 Å². The number of hydrogen-bond acceptors (Lipinski definition) is 2. The summed E-state index contributed by atoms with van der Waals surface area (Å²) in [7, 11) is 0. The summed E-state index contributed by atoms with van der Waals surface area (Å²) in [5.41, 5.74) is 7.24. The number of rotatable bonds is 5. The van der Waals surface area contributed by atoms with Gasteiger partial charge in [0.1, 0.15) is 17.3 Å². The fourth-order valence-corrected chi connectivity index (χ4v) is 1.98. The zero-order valence-electron chi connectivity index (χ0n) is 11.0. The van der Waals surface area contributed by atoms with Crippen molar-refractivity contribution in [2.24, 2.45) is 5.73 Å². The van der Waals surface area contributed by atoms with Crippen LogP contribution in [0.3, 0.4) is 0 Å². The molecule has 0 aromatic heterocycles. The summed E-state index contributed by atoms with van der Waals surface area (Å²) in [6.45, 7) is 2.48. The van der Waals surface area contributed by atoms with Gasteiger partial charge in [0.25, 0.3) is 0 Å². The number of aryl methyl sites for hydroxylation is 1. The molecule has 0 saturated heterocycles. The first-order valence-electron chi connectivity index (χ1n) is 6.49. The molecule has 0 bridgehead atoms. The Bertz CT molecular complexity index is 554. The van der Waals surface area contributed by atoms with Crippen LogP contribution in [0.4, 0.5) is 4.39 Å². The SMILES string of the molecule is CCc1cccc(Oc2cccc(F)c2CCN)c1. The fraction of sp³-hybridized carbons (Fsp3) is 0.250. The highest BCUT2D eigenvalue weighted by atomic mass is 19.1. The van der Waals surface area contributed by atoms with Crippen molar-refractivity contribution in [3.8, 4) is 11.5 Å². The predicted molar refractivity (Wildman–Crippen MR) is 75.1 cm³/mol. The largest absolute Gasteiger partial charge is 0.457 e. The first-order valence-corrected chi connectivity index (χ1v) is 6.49.